The summed E-state index contributed by atoms with van der Waals surface area (Å²) < 4.78 is 5.35. The molecule has 0 radical (unpaired) electrons. The van der Waals surface area contributed by atoms with E-state index in [2.05, 4.69) is 9.88 Å². The Balaban J connectivity index is 1.59. The normalized spacial score (nSPS) is 21.2. The van der Waals surface area contributed by atoms with Crippen LogP contribution in [0.2, 0.25) is 0 Å². The van der Waals surface area contributed by atoms with E-state index in [0.717, 1.165) is 63.8 Å². The van der Waals surface area contributed by atoms with Gasteiger partial charge in [-0.15, -0.1) is 11.3 Å². The summed E-state index contributed by atoms with van der Waals surface area (Å²) in [5, 5.41) is 2.96. The number of aromatic nitrogens is 1. The molecule has 3 heterocycles. The molecule has 0 aliphatic carbocycles. The van der Waals surface area contributed by atoms with Gasteiger partial charge in [-0.05, 0) is 12.8 Å². The third kappa shape index (κ3) is 4.02. The topological polar surface area (TPSA) is 45.7 Å². The fourth-order valence-corrected chi connectivity index (χ4v) is 3.68. The predicted molar refractivity (Wildman–Crippen MR) is 82.6 cm³/mol. The van der Waals surface area contributed by atoms with Gasteiger partial charge < -0.3 is 9.64 Å². The lowest BCUT2D eigenvalue weighted by molar-refractivity contribution is 0.0341. The molecule has 2 fully saturated rings. The Kier molecular flexibility index (Phi) is 5.22. The highest BCUT2D eigenvalue weighted by Gasteiger charge is 2.20. The second-order valence-electron chi connectivity index (χ2n) is 5.72. The highest BCUT2D eigenvalue weighted by molar-refractivity contribution is 7.09. The number of amides is 1. The lowest BCUT2D eigenvalue weighted by atomic mass is 10.2. The maximum atomic E-state index is 12.5. The standard InChI is InChI=1S/C15H23N3O2S/c19-15(18-5-3-1-2-4-6-18)13-12-21-14(16-13)11-17-7-9-20-10-8-17/h12H,1-11H2. The highest BCUT2D eigenvalue weighted by atomic mass is 32.1. The molecule has 2 aliphatic rings. The number of rotatable bonds is 3. The zero-order valence-corrected chi connectivity index (χ0v) is 13.2. The molecular formula is C15H23N3O2S. The minimum atomic E-state index is 0.112. The number of hydrogen-bond acceptors (Lipinski definition) is 5. The number of morpholine rings is 1. The summed E-state index contributed by atoms with van der Waals surface area (Å²) in [6, 6.07) is 0. The van der Waals surface area contributed by atoms with Crippen molar-refractivity contribution in [2.45, 2.75) is 32.2 Å². The monoisotopic (exact) mass is 309 g/mol. The van der Waals surface area contributed by atoms with Gasteiger partial charge in [-0.2, -0.15) is 0 Å². The SMILES string of the molecule is O=C(c1csc(CN2CCOCC2)n1)N1CCCCCC1. The summed E-state index contributed by atoms with van der Waals surface area (Å²) >= 11 is 1.60. The third-order valence-electron chi connectivity index (χ3n) is 4.13. The van der Waals surface area contributed by atoms with E-state index in [0.29, 0.717) is 5.69 Å². The van der Waals surface area contributed by atoms with Crippen molar-refractivity contribution in [1.82, 2.24) is 14.8 Å². The van der Waals surface area contributed by atoms with Crippen LogP contribution in [-0.2, 0) is 11.3 Å². The molecule has 6 heteroatoms. The van der Waals surface area contributed by atoms with Crippen molar-refractivity contribution < 1.29 is 9.53 Å². The van der Waals surface area contributed by atoms with Crippen molar-refractivity contribution in [2.75, 3.05) is 39.4 Å². The first-order valence-electron chi connectivity index (χ1n) is 7.87. The Morgan fingerprint density at radius 1 is 1.14 bits per heavy atom. The summed E-state index contributed by atoms with van der Waals surface area (Å²) in [5.41, 5.74) is 0.630. The number of likely N-dealkylation sites (tertiary alicyclic amines) is 1. The summed E-state index contributed by atoms with van der Waals surface area (Å²) in [6.45, 7) is 6.10. The molecule has 0 saturated carbocycles. The van der Waals surface area contributed by atoms with Crippen LogP contribution in [0, 0.1) is 0 Å². The first-order valence-corrected chi connectivity index (χ1v) is 8.75. The Bertz CT molecular complexity index is 463. The van der Waals surface area contributed by atoms with E-state index in [4.69, 9.17) is 4.74 Å². The first-order chi connectivity index (χ1) is 10.3. The summed E-state index contributed by atoms with van der Waals surface area (Å²) in [7, 11) is 0. The van der Waals surface area contributed by atoms with Crippen LogP contribution in [0.1, 0.15) is 41.2 Å². The van der Waals surface area contributed by atoms with E-state index >= 15 is 0 Å². The molecule has 0 unspecified atom stereocenters. The first kappa shape index (κ1) is 14.9. The van der Waals surface area contributed by atoms with Gasteiger partial charge in [0.25, 0.3) is 5.91 Å². The maximum absolute atomic E-state index is 12.5. The van der Waals surface area contributed by atoms with Gasteiger partial charge in [0.2, 0.25) is 0 Å². The molecule has 0 bridgehead atoms. The van der Waals surface area contributed by atoms with E-state index in [9.17, 15) is 4.79 Å². The summed E-state index contributed by atoms with van der Waals surface area (Å²) in [5.74, 6) is 0.112. The number of carbonyl (C=O) groups excluding carboxylic acids is 1. The number of thiazole rings is 1. The van der Waals surface area contributed by atoms with Gasteiger partial charge in [-0.1, -0.05) is 12.8 Å². The van der Waals surface area contributed by atoms with Gasteiger partial charge in [-0.3, -0.25) is 9.69 Å². The minimum absolute atomic E-state index is 0.112. The molecule has 1 aromatic heterocycles. The molecule has 0 spiro atoms. The molecule has 0 aromatic carbocycles. The van der Waals surface area contributed by atoms with E-state index in [1.54, 1.807) is 11.3 Å². The summed E-state index contributed by atoms with van der Waals surface area (Å²) in [6.07, 6.45) is 4.72. The molecule has 116 valence electrons. The van der Waals surface area contributed by atoms with Gasteiger partial charge in [0.1, 0.15) is 10.7 Å². The molecule has 5 nitrogen and oxygen atoms in total. The zero-order chi connectivity index (χ0) is 14.5. The molecule has 1 aromatic rings. The largest absolute Gasteiger partial charge is 0.379 e. The Morgan fingerprint density at radius 2 is 1.86 bits per heavy atom. The Morgan fingerprint density at radius 3 is 2.57 bits per heavy atom. The van der Waals surface area contributed by atoms with E-state index in [-0.39, 0.29) is 5.91 Å². The average Bonchev–Trinajstić information content (AvgIpc) is 2.81. The van der Waals surface area contributed by atoms with Gasteiger partial charge in [0.15, 0.2) is 0 Å². The van der Waals surface area contributed by atoms with Gasteiger partial charge in [0, 0.05) is 31.6 Å². The lowest BCUT2D eigenvalue weighted by Crippen LogP contribution is -2.35. The molecule has 1 amide bonds. The van der Waals surface area contributed by atoms with Crippen LogP contribution in [0.25, 0.3) is 0 Å². The van der Waals surface area contributed by atoms with Crippen molar-refractivity contribution in [2.24, 2.45) is 0 Å². The molecule has 0 N–H and O–H groups in total. The minimum Gasteiger partial charge on any atom is -0.379 e. The van der Waals surface area contributed by atoms with Crippen molar-refractivity contribution in [3.05, 3.63) is 16.1 Å². The molecular weight excluding hydrogens is 286 g/mol. The second kappa shape index (κ2) is 7.33. The Labute approximate surface area is 129 Å². The van der Waals surface area contributed by atoms with Crippen molar-refractivity contribution >= 4 is 17.2 Å². The molecule has 0 atom stereocenters. The lowest BCUT2D eigenvalue weighted by Gasteiger charge is -2.25. The van der Waals surface area contributed by atoms with Crippen molar-refractivity contribution in [3.63, 3.8) is 0 Å². The molecule has 2 saturated heterocycles. The fraction of sp³-hybridized carbons (Fsp3) is 0.733. The van der Waals surface area contributed by atoms with Crippen LogP contribution in [0.4, 0.5) is 0 Å². The predicted octanol–water partition coefficient (Wildman–Crippen LogP) is 1.99. The van der Waals surface area contributed by atoms with Crippen LogP contribution < -0.4 is 0 Å². The van der Waals surface area contributed by atoms with Crippen LogP contribution >= 0.6 is 11.3 Å². The van der Waals surface area contributed by atoms with E-state index in [1.807, 2.05) is 10.3 Å². The van der Waals surface area contributed by atoms with Crippen LogP contribution in [0.5, 0.6) is 0 Å². The van der Waals surface area contributed by atoms with Crippen LogP contribution in [-0.4, -0.2) is 60.1 Å². The zero-order valence-electron chi connectivity index (χ0n) is 12.4. The van der Waals surface area contributed by atoms with Crippen molar-refractivity contribution in [1.29, 1.82) is 0 Å². The molecule has 21 heavy (non-hydrogen) atoms. The van der Waals surface area contributed by atoms with Crippen molar-refractivity contribution in [3.8, 4) is 0 Å². The number of hydrogen-bond donors (Lipinski definition) is 0. The average molecular weight is 309 g/mol. The third-order valence-corrected chi connectivity index (χ3v) is 4.96. The highest BCUT2D eigenvalue weighted by Crippen LogP contribution is 2.17. The van der Waals surface area contributed by atoms with Crippen LogP contribution in [0.15, 0.2) is 5.38 Å². The number of carbonyl (C=O) groups is 1. The Hall–Kier alpha value is -0.980. The van der Waals surface area contributed by atoms with E-state index in [1.165, 1.54) is 12.8 Å². The van der Waals surface area contributed by atoms with E-state index < -0.39 is 0 Å². The van der Waals surface area contributed by atoms with Gasteiger partial charge in [-0.25, -0.2) is 4.98 Å². The quantitative estimate of drug-likeness (QED) is 0.856. The fourth-order valence-electron chi connectivity index (χ4n) is 2.87. The maximum Gasteiger partial charge on any atom is 0.273 e. The van der Waals surface area contributed by atoms with Gasteiger partial charge >= 0.3 is 0 Å². The second-order valence-corrected chi connectivity index (χ2v) is 6.66. The molecule has 2 aliphatic heterocycles. The van der Waals surface area contributed by atoms with Crippen LogP contribution in [0.3, 0.4) is 0 Å². The summed E-state index contributed by atoms with van der Waals surface area (Å²) in [4.78, 5) is 21.4. The smallest absolute Gasteiger partial charge is 0.273 e. The molecule has 3 rings (SSSR count). The number of ether oxygens (including phenoxy) is 1. The van der Waals surface area contributed by atoms with Gasteiger partial charge in [0.05, 0.1) is 19.8 Å². The number of nitrogens with zero attached hydrogens (tertiary/aromatic N) is 3.